The number of halogens is 3. The molecule has 3 N–H and O–H groups in total. The Bertz CT molecular complexity index is 705. The quantitative estimate of drug-likeness (QED) is 0.576. The number of nitrogens with zero attached hydrogens (tertiary/aromatic N) is 3. The molecule has 0 saturated carbocycles. The summed E-state index contributed by atoms with van der Waals surface area (Å²) in [4.78, 5) is 12.1. The molecule has 0 spiro atoms. The van der Waals surface area contributed by atoms with Gasteiger partial charge in [-0.15, -0.1) is 10.2 Å². The van der Waals surface area contributed by atoms with Crippen LogP contribution in [0.3, 0.4) is 0 Å². The standard InChI is InChI=1S/C15H18F3N5OS/c1-2-6-11(10-7-4-3-5-8-10)20-12(24)9-25-14-22-21-13(23(14)19)15(16,17)18/h3-5,7-8,11H,2,6,9,19H2,1H3,(H,20,24). The average Bonchev–Trinajstić information content (AvgIpc) is 2.94. The zero-order valence-electron chi connectivity index (χ0n) is 13.5. The van der Waals surface area contributed by atoms with Gasteiger partial charge in [0.2, 0.25) is 11.1 Å². The highest BCUT2D eigenvalue weighted by molar-refractivity contribution is 7.99. The minimum absolute atomic E-state index is 0.111. The van der Waals surface area contributed by atoms with Crippen LogP contribution >= 0.6 is 11.8 Å². The second-order valence-electron chi connectivity index (χ2n) is 5.28. The number of benzene rings is 1. The summed E-state index contributed by atoms with van der Waals surface area (Å²) in [5, 5.41) is 9.10. The van der Waals surface area contributed by atoms with E-state index >= 15 is 0 Å². The molecule has 0 aliphatic rings. The third-order valence-corrected chi connectivity index (χ3v) is 4.31. The molecule has 0 aliphatic heterocycles. The SMILES string of the molecule is CCCC(NC(=O)CSc1nnc(C(F)(F)F)n1N)c1ccccc1. The summed E-state index contributed by atoms with van der Waals surface area (Å²) in [6.07, 6.45) is -3.06. The first-order valence-corrected chi connectivity index (χ1v) is 8.56. The maximum Gasteiger partial charge on any atom is 0.453 e. The minimum Gasteiger partial charge on any atom is -0.349 e. The van der Waals surface area contributed by atoms with Crippen molar-refractivity contribution < 1.29 is 18.0 Å². The summed E-state index contributed by atoms with van der Waals surface area (Å²) in [6, 6.07) is 9.33. The average molecular weight is 373 g/mol. The number of amides is 1. The second-order valence-corrected chi connectivity index (χ2v) is 6.22. The van der Waals surface area contributed by atoms with Gasteiger partial charge in [-0.1, -0.05) is 55.4 Å². The van der Waals surface area contributed by atoms with Gasteiger partial charge in [0, 0.05) is 0 Å². The van der Waals surface area contributed by atoms with Crippen molar-refractivity contribution in [1.29, 1.82) is 0 Å². The highest BCUT2D eigenvalue weighted by Gasteiger charge is 2.38. The molecule has 1 aromatic carbocycles. The smallest absolute Gasteiger partial charge is 0.349 e. The Morgan fingerprint density at radius 1 is 1.32 bits per heavy atom. The summed E-state index contributed by atoms with van der Waals surface area (Å²) in [7, 11) is 0. The molecular formula is C15H18F3N5OS. The van der Waals surface area contributed by atoms with E-state index in [4.69, 9.17) is 5.84 Å². The number of hydrogen-bond acceptors (Lipinski definition) is 5. The van der Waals surface area contributed by atoms with Crippen LogP contribution in [0, 0.1) is 0 Å². The summed E-state index contributed by atoms with van der Waals surface area (Å²) < 4.78 is 38.2. The molecule has 0 saturated heterocycles. The van der Waals surface area contributed by atoms with E-state index in [0.717, 1.165) is 30.2 Å². The molecule has 1 aromatic heterocycles. The first-order chi connectivity index (χ1) is 11.8. The molecular weight excluding hydrogens is 355 g/mol. The van der Waals surface area contributed by atoms with Gasteiger partial charge in [0.05, 0.1) is 11.8 Å². The lowest BCUT2D eigenvalue weighted by Crippen LogP contribution is -2.30. The molecule has 1 amide bonds. The van der Waals surface area contributed by atoms with Gasteiger partial charge in [0.15, 0.2) is 0 Å². The molecule has 0 fully saturated rings. The van der Waals surface area contributed by atoms with Gasteiger partial charge in [0.25, 0.3) is 5.82 Å². The number of carbonyl (C=O) groups excluding carboxylic acids is 1. The van der Waals surface area contributed by atoms with E-state index < -0.39 is 12.0 Å². The Morgan fingerprint density at radius 3 is 2.56 bits per heavy atom. The maximum atomic E-state index is 12.6. The normalized spacial score (nSPS) is 12.8. The highest BCUT2D eigenvalue weighted by atomic mass is 32.2. The lowest BCUT2D eigenvalue weighted by atomic mass is 10.0. The van der Waals surface area contributed by atoms with Crippen LogP contribution < -0.4 is 11.2 Å². The molecule has 6 nitrogen and oxygen atoms in total. The Balaban J connectivity index is 1.97. The fourth-order valence-corrected chi connectivity index (χ4v) is 2.90. The monoisotopic (exact) mass is 373 g/mol. The Morgan fingerprint density at radius 2 is 2.00 bits per heavy atom. The van der Waals surface area contributed by atoms with Crippen molar-refractivity contribution in [2.75, 3.05) is 11.6 Å². The van der Waals surface area contributed by atoms with Crippen LogP contribution in [-0.2, 0) is 11.0 Å². The molecule has 0 radical (unpaired) electrons. The van der Waals surface area contributed by atoms with E-state index in [1.807, 2.05) is 37.3 Å². The van der Waals surface area contributed by atoms with Crippen molar-refractivity contribution in [3.63, 3.8) is 0 Å². The van der Waals surface area contributed by atoms with Crippen molar-refractivity contribution in [1.82, 2.24) is 20.2 Å². The molecule has 25 heavy (non-hydrogen) atoms. The number of alkyl halides is 3. The number of thioether (sulfide) groups is 1. The molecule has 10 heteroatoms. The second kappa shape index (κ2) is 8.24. The Labute approximate surface area is 147 Å². The number of nitrogens with two attached hydrogens (primary N) is 1. The minimum atomic E-state index is -4.69. The van der Waals surface area contributed by atoms with Gasteiger partial charge in [-0.25, -0.2) is 4.68 Å². The van der Waals surface area contributed by atoms with E-state index in [9.17, 15) is 18.0 Å². The first kappa shape index (κ1) is 19.1. The van der Waals surface area contributed by atoms with Crippen LogP contribution in [-0.4, -0.2) is 26.5 Å². The van der Waals surface area contributed by atoms with Crippen LogP contribution in [0.15, 0.2) is 35.5 Å². The molecule has 0 aliphatic carbocycles. The van der Waals surface area contributed by atoms with E-state index in [-0.39, 0.29) is 22.9 Å². The molecule has 1 unspecified atom stereocenters. The fourth-order valence-electron chi connectivity index (χ4n) is 2.23. The van der Waals surface area contributed by atoms with Gasteiger partial charge in [-0.2, -0.15) is 13.2 Å². The van der Waals surface area contributed by atoms with Crippen LogP contribution in [0.1, 0.15) is 37.2 Å². The van der Waals surface area contributed by atoms with E-state index in [2.05, 4.69) is 15.5 Å². The van der Waals surface area contributed by atoms with Gasteiger partial charge in [0.1, 0.15) is 0 Å². The Kier molecular flexibility index (Phi) is 6.29. The van der Waals surface area contributed by atoms with Crippen LogP contribution in [0.4, 0.5) is 13.2 Å². The summed E-state index contributed by atoms with van der Waals surface area (Å²) in [6.45, 7) is 2.01. The number of rotatable bonds is 7. The molecule has 1 heterocycles. The third-order valence-electron chi connectivity index (χ3n) is 3.36. The number of carbonyl (C=O) groups is 1. The van der Waals surface area contributed by atoms with E-state index in [1.165, 1.54) is 0 Å². The van der Waals surface area contributed by atoms with Gasteiger partial charge in [-0.05, 0) is 12.0 Å². The van der Waals surface area contributed by atoms with Crippen LogP contribution in [0.5, 0.6) is 0 Å². The topological polar surface area (TPSA) is 85.8 Å². The molecule has 136 valence electrons. The lowest BCUT2D eigenvalue weighted by molar-refractivity contribution is -0.146. The van der Waals surface area contributed by atoms with Gasteiger partial charge >= 0.3 is 6.18 Å². The number of nitrogen functional groups attached to an aromatic ring is 1. The van der Waals surface area contributed by atoms with E-state index in [0.29, 0.717) is 4.68 Å². The van der Waals surface area contributed by atoms with Crippen molar-refractivity contribution >= 4 is 17.7 Å². The van der Waals surface area contributed by atoms with Crippen molar-refractivity contribution in [3.8, 4) is 0 Å². The summed E-state index contributed by atoms with van der Waals surface area (Å²) >= 11 is 0.800. The largest absolute Gasteiger partial charge is 0.453 e. The van der Waals surface area contributed by atoms with Crippen molar-refractivity contribution in [2.24, 2.45) is 0 Å². The highest BCUT2D eigenvalue weighted by Crippen LogP contribution is 2.28. The van der Waals surface area contributed by atoms with E-state index in [1.54, 1.807) is 0 Å². The third kappa shape index (κ3) is 5.12. The van der Waals surface area contributed by atoms with Gasteiger partial charge < -0.3 is 11.2 Å². The molecule has 2 rings (SSSR count). The van der Waals surface area contributed by atoms with Crippen molar-refractivity contribution in [3.05, 3.63) is 41.7 Å². The molecule has 1 atom stereocenters. The molecule has 0 bridgehead atoms. The zero-order valence-corrected chi connectivity index (χ0v) is 14.3. The molecule has 2 aromatic rings. The predicted octanol–water partition coefficient (Wildman–Crippen LogP) is 2.76. The fraction of sp³-hybridized carbons (Fsp3) is 0.400. The lowest BCUT2D eigenvalue weighted by Gasteiger charge is -2.18. The summed E-state index contributed by atoms with van der Waals surface area (Å²) in [5.41, 5.74) is 0.976. The first-order valence-electron chi connectivity index (χ1n) is 7.57. The maximum absolute atomic E-state index is 12.6. The Hall–Kier alpha value is -2.23. The predicted molar refractivity (Wildman–Crippen MR) is 88.1 cm³/mol. The van der Waals surface area contributed by atoms with Crippen LogP contribution in [0.25, 0.3) is 0 Å². The number of nitrogens with one attached hydrogen (secondary N) is 1. The summed E-state index contributed by atoms with van der Waals surface area (Å²) in [5.74, 6) is 3.61. The zero-order chi connectivity index (χ0) is 18.4. The number of hydrogen-bond donors (Lipinski definition) is 2. The van der Waals surface area contributed by atoms with Crippen LogP contribution in [0.2, 0.25) is 0 Å². The van der Waals surface area contributed by atoms with Gasteiger partial charge in [-0.3, -0.25) is 4.79 Å². The van der Waals surface area contributed by atoms with Crippen molar-refractivity contribution in [2.45, 2.75) is 37.1 Å². The number of aromatic nitrogens is 3.